The van der Waals surface area contributed by atoms with Gasteiger partial charge in [0.25, 0.3) is 0 Å². The second kappa shape index (κ2) is 10.2. The Morgan fingerprint density at radius 2 is 1.62 bits per heavy atom. The number of hydrogen-bond acceptors (Lipinski definition) is 12. The molecule has 0 spiro atoms. The Labute approximate surface area is 209 Å². The molecule has 0 radical (unpaired) electrons. The Morgan fingerprint density at radius 3 is 2.35 bits per heavy atom. The predicted octanol–water partition coefficient (Wildman–Crippen LogP) is -0.146. The lowest BCUT2D eigenvalue weighted by Crippen LogP contribution is -2.60. The molecule has 5 rings (SSSR count). The van der Waals surface area contributed by atoms with Gasteiger partial charge in [-0.2, -0.15) is 0 Å². The Bertz CT molecular complexity index is 1320. The van der Waals surface area contributed by atoms with Crippen LogP contribution in [-0.4, -0.2) is 82.7 Å². The van der Waals surface area contributed by atoms with Crippen LogP contribution in [0.4, 0.5) is 0 Å². The van der Waals surface area contributed by atoms with Crippen LogP contribution in [-0.2, 0) is 4.74 Å². The van der Waals surface area contributed by atoms with Crippen LogP contribution in [0.1, 0.15) is 11.7 Å². The molecule has 12 heteroatoms. The molecule has 3 heterocycles. The van der Waals surface area contributed by atoms with Gasteiger partial charge < -0.3 is 53.6 Å². The van der Waals surface area contributed by atoms with Crippen molar-refractivity contribution in [2.45, 2.75) is 42.9 Å². The second-order valence-electron chi connectivity index (χ2n) is 8.67. The lowest BCUT2D eigenvalue weighted by Gasteiger charge is -2.39. The van der Waals surface area contributed by atoms with Gasteiger partial charge in [0.05, 0.1) is 20.3 Å². The number of hydrogen-bond donors (Lipinski definition) is 5. The van der Waals surface area contributed by atoms with Gasteiger partial charge in [-0.25, -0.2) is 4.79 Å². The summed E-state index contributed by atoms with van der Waals surface area (Å²) in [6.45, 7) is -1.01. The van der Waals surface area contributed by atoms with Gasteiger partial charge in [-0.15, -0.1) is 0 Å². The summed E-state index contributed by atoms with van der Waals surface area (Å²) in [5.74, 6) is 0.878. The maximum absolute atomic E-state index is 11.7. The molecule has 0 saturated carbocycles. The first-order valence-corrected chi connectivity index (χ1v) is 11.5. The van der Waals surface area contributed by atoms with Crippen LogP contribution >= 0.6 is 0 Å². The fourth-order valence-electron chi connectivity index (χ4n) is 4.38. The zero-order valence-corrected chi connectivity index (χ0v) is 19.6. The molecular formula is C25H26O12. The fraction of sp³-hybridized carbons (Fsp3) is 0.400. The highest BCUT2D eigenvalue weighted by atomic mass is 16.7. The SMILES string of the molecule is COc1cc([C@@H]2Oc3ccc4ccc(=O)oc4c3O[C@H]2CO)ccc1O[C@@H]1O[C@H](CO)[C@@H](O)[C@H](O)[C@H]1O. The summed E-state index contributed by atoms with van der Waals surface area (Å²) in [5.41, 5.74) is 0.215. The van der Waals surface area contributed by atoms with E-state index in [4.69, 9.17) is 28.1 Å². The molecule has 0 bridgehead atoms. The van der Waals surface area contributed by atoms with Crippen molar-refractivity contribution in [1.29, 1.82) is 0 Å². The van der Waals surface area contributed by atoms with Crippen LogP contribution in [0.5, 0.6) is 23.0 Å². The minimum Gasteiger partial charge on any atom is -0.493 e. The highest BCUT2D eigenvalue weighted by Crippen LogP contribution is 2.45. The summed E-state index contributed by atoms with van der Waals surface area (Å²) < 4.78 is 34.0. The molecule has 7 atom stereocenters. The first-order valence-electron chi connectivity index (χ1n) is 11.5. The number of aliphatic hydroxyl groups is 5. The summed E-state index contributed by atoms with van der Waals surface area (Å²) in [6.07, 6.45) is -8.87. The molecule has 3 aromatic rings. The van der Waals surface area contributed by atoms with Crippen LogP contribution in [0, 0.1) is 0 Å². The van der Waals surface area contributed by atoms with Gasteiger partial charge in [-0.1, -0.05) is 6.07 Å². The smallest absolute Gasteiger partial charge is 0.336 e. The molecule has 0 unspecified atom stereocenters. The first-order chi connectivity index (χ1) is 17.8. The molecule has 1 saturated heterocycles. The molecule has 2 aliphatic rings. The summed E-state index contributed by atoms with van der Waals surface area (Å²) in [5, 5.41) is 50.3. The average Bonchev–Trinajstić information content (AvgIpc) is 2.92. The van der Waals surface area contributed by atoms with Crippen molar-refractivity contribution in [2.24, 2.45) is 0 Å². The predicted molar refractivity (Wildman–Crippen MR) is 125 cm³/mol. The number of methoxy groups -OCH3 is 1. The van der Waals surface area contributed by atoms with Gasteiger partial charge in [-0.3, -0.25) is 0 Å². The molecule has 37 heavy (non-hydrogen) atoms. The van der Waals surface area contributed by atoms with E-state index in [1.165, 1.54) is 19.2 Å². The van der Waals surface area contributed by atoms with Crippen molar-refractivity contribution in [2.75, 3.05) is 20.3 Å². The summed E-state index contributed by atoms with van der Waals surface area (Å²) in [4.78, 5) is 11.7. The van der Waals surface area contributed by atoms with E-state index in [2.05, 4.69) is 0 Å². The van der Waals surface area contributed by atoms with E-state index >= 15 is 0 Å². The zero-order chi connectivity index (χ0) is 26.3. The highest BCUT2D eigenvalue weighted by molar-refractivity contribution is 5.85. The third kappa shape index (κ3) is 4.59. The standard InChI is InChI=1S/C25H26O12/c1-32-15-8-12(3-5-13(15)35-25-21(31)20(30)19(29)16(9-26)36-25)22-17(10-27)34-24-14(33-22)6-2-11-4-7-18(28)37-23(11)24/h2-8,16-17,19-22,25-27,29-31H,9-10H2,1H3/t16-,17+,19-,20+,21-,22+,25-/m1/s1. The summed E-state index contributed by atoms with van der Waals surface area (Å²) in [7, 11) is 1.39. The van der Waals surface area contributed by atoms with E-state index in [0.29, 0.717) is 16.7 Å². The van der Waals surface area contributed by atoms with E-state index in [-0.39, 0.29) is 22.8 Å². The lowest BCUT2D eigenvalue weighted by atomic mass is 9.99. The van der Waals surface area contributed by atoms with Gasteiger partial charge in [0.2, 0.25) is 12.0 Å². The molecule has 198 valence electrons. The van der Waals surface area contributed by atoms with Crippen LogP contribution in [0.15, 0.2) is 51.7 Å². The Kier molecular flexibility index (Phi) is 6.94. The minimum atomic E-state index is -1.60. The van der Waals surface area contributed by atoms with E-state index in [0.717, 1.165) is 0 Å². The van der Waals surface area contributed by atoms with Crippen molar-refractivity contribution in [1.82, 2.24) is 0 Å². The number of rotatable bonds is 6. The number of benzene rings is 2. The second-order valence-corrected chi connectivity index (χ2v) is 8.67. The Balaban J connectivity index is 1.43. The van der Waals surface area contributed by atoms with Crippen molar-refractivity contribution < 1.29 is 53.6 Å². The van der Waals surface area contributed by atoms with Crippen LogP contribution in [0.2, 0.25) is 0 Å². The van der Waals surface area contributed by atoms with Gasteiger partial charge in [0, 0.05) is 17.0 Å². The Hall–Kier alpha value is -3.39. The van der Waals surface area contributed by atoms with E-state index < -0.39 is 61.8 Å². The van der Waals surface area contributed by atoms with Gasteiger partial charge in [-0.05, 0) is 30.3 Å². The molecule has 0 aliphatic carbocycles. The van der Waals surface area contributed by atoms with Crippen molar-refractivity contribution in [3.63, 3.8) is 0 Å². The molecule has 0 amide bonds. The van der Waals surface area contributed by atoms with Crippen LogP contribution in [0.25, 0.3) is 11.0 Å². The highest BCUT2D eigenvalue weighted by Gasteiger charge is 2.45. The molecule has 2 aliphatic heterocycles. The zero-order valence-electron chi connectivity index (χ0n) is 19.6. The fourth-order valence-corrected chi connectivity index (χ4v) is 4.38. The first kappa shape index (κ1) is 25.3. The Morgan fingerprint density at radius 1 is 0.865 bits per heavy atom. The molecule has 5 N–H and O–H groups in total. The summed E-state index contributed by atoms with van der Waals surface area (Å²) in [6, 6.07) is 11.0. The third-order valence-corrected chi connectivity index (χ3v) is 6.36. The normalized spacial score (nSPS) is 29.2. The maximum Gasteiger partial charge on any atom is 0.336 e. The van der Waals surface area contributed by atoms with Gasteiger partial charge >= 0.3 is 5.63 Å². The molecule has 2 aromatic carbocycles. The number of aliphatic hydroxyl groups excluding tert-OH is 5. The molecule has 1 fully saturated rings. The van der Waals surface area contributed by atoms with E-state index in [1.54, 1.807) is 30.3 Å². The van der Waals surface area contributed by atoms with Crippen molar-refractivity contribution >= 4 is 11.0 Å². The average molecular weight is 518 g/mol. The van der Waals surface area contributed by atoms with Crippen LogP contribution < -0.4 is 24.6 Å². The van der Waals surface area contributed by atoms with Gasteiger partial charge in [0.15, 0.2) is 35.0 Å². The topological polar surface area (TPSA) is 178 Å². The number of fused-ring (bicyclic) bond motifs is 3. The monoisotopic (exact) mass is 518 g/mol. The number of ether oxygens (including phenoxy) is 5. The largest absolute Gasteiger partial charge is 0.493 e. The maximum atomic E-state index is 11.7. The summed E-state index contributed by atoms with van der Waals surface area (Å²) >= 11 is 0. The van der Waals surface area contributed by atoms with Crippen molar-refractivity contribution in [3.05, 3.63) is 58.4 Å². The quantitative estimate of drug-likeness (QED) is 0.273. The van der Waals surface area contributed by atoms with Gasteiger partial charge in [0.1, 0.15) is 24.4 Å². The third-order valence-electron chi connectivity index (χ3n) is 6.36. The van der Waals surface area contributed by atoms with E-state index in [1.807, 2.05) is 0 Å². The lowest BCUT2D eigenvalue weighted by molar-refractivity contribution is -0.277. The van der Waals surface area contributed by atoms with E-state index in [9.17, 15) is 30.3 Å². The van der Waals surface area contributed by atoms with Crippen molar-refractivity contribution in [3.8, 4) is 23.0 Å². The molecule has 1 aromatic heterocycles. The van der Waals surface area contributed by atoms with Crippen LogP contribution in [0.3, 0.4) is 0 Å². The molecule has 12 nitrogen and oxygen atoms in total. The molecular weight excluding hydrogens is 492 g/mol. The minimum absolute atomic E-state index is 0.140.